The van der Waals surface area contributed by atoms with E-state index in [4.69, 9.17) is 22.1 Å². The lowest BCUT2D eigenvalue weighted by Gasteiger charge is -2.29. The number of nitrogens with two attached hydrogens (primary N) is 1. The van der Waals surface area contributed by atoms with Gasteiger partial charge in [0.25, 0.3) is 5.91 Å². The van der Waals surface area contributed by atoms with Crippen LogP contribution in [-0.4, -0.2) is 19.7 Å². The van der Waals surface area contributed by atoms with Gasteiger partial charge in [-0.1, -0.05) is 11.6 Å². The summed E-state index contributed by atoms with van der Waals surface area (Å²) in [6.45, 7) is 0.153. The number of hydrogen-bond acceptors (Lipinski definition) is 4. The number of carbonyl (C=O) groups excluding carboxylic acids is 1. The predicted molar refractivity (Wildman–Crippen MR) is 84.2 cm³/mol. The Balaban J connectivity index is 1.99. The fourth-order valence-electron chi connectivity index (χ4n) is 2.22. The fourth-order valence-corrected chi connectivity index (χ4v) is 2.47. The van der Waals surface area contributed by atoms with Crippen LogP contribution in [0.1, 0.15) is 10.4 Å². The second kappa shape index (κ2) is 5.18. The first-order valence-electron chi connectivity index (χ1n) is 6.41. The van der Waals surface area contributed by atoms with Gasteiger partial charge in [-0.25, -0.2) is 0 Å². The third-order valence-electron chi connectivity index (χ3n) is 3.37. The summed E-state index contributed by atoms with van der Waals surface area (Å²) in [5.41, 5.74) is 8.21. The number of ether oxygens (including phenoxy) is 1. The summed E-state index contributed by atoms with van der Waals surface area (Å²) in [4.78, 5) is 14.1. The molecule has 2 aromatic rings. The molecule has 1 heterocycles. The Morgan fingerprint density at radius 3 is 2.67 bits per heavy atom. The van der Waals surface area contributed by atoms with Crippen molar-refractivity contribution in [2.75, 3.05) is 29.7 Å². The van der Waals surface area contributed by atoms with Crippen molar-refractivity contribution < 1.29 is 9.53 Å². The van der Waals surface area contributed by atoms with E-state index >= 15 is 0 Å². The maximum absolute atomic E-state index is 12.6. The topological polar surface area (TPSA) is 67.6 Å². The molecule has 0 aromatic heterocycles. The van der Waals surface area contributed by atoms with Crippen LogP contribution in [0.2, 0.25) is 5.02 Å². The van der Waals surface area contributed by atoms with E-state index in [-0.39, 0.29) is 12.6 Å². The highest BCUT2D eigenvalue weighted by Gasteiger charge is 2.28. The van der Waals surface area contributed by atoms with Crippen molar-refractivity contribution in [1.82, 2.24) is 0 Å². The SMILES string of the molecule is CNc1cc2c(cc1Cl)C(=O)N(c1ccc(N)cc1)CO2. The van der Waals surface area contributed by atoms with Gasteiger partial charge < -0.3 is 15.8 Å². The van der Waals surface area contributed by atoms with E-state index in [1.54, 1.807) is 43.4 Å². The minimum atomic E-state index is -0.148. The molecule has 0 saturated carbocycles. The van der Waals surface area contributed by atoms with Crippen molar-refractivity contribution in [3.05, 3.63) is 47.0 Å². The average molecular weight is 304 g/mol. The van der Waals surface area contributed by atoms with Crippen molar-refractivity contribution in [2.24, 2.45) is 0 Å². The summed E-state index contributed by atoms with van der Waals surface area (Å²) >= 11 is 6.14. The first kappa shape index (κ1) is 13.6. The highest BCUT2D eigenvalue weighted by atomic mass is 35.5. The molecule has 1 aliphatic heterocycles. The first-order valence-corrected chi connectivity index (χ1v) is 6.79. The molecule has 2 aromatic carbocycles. The number of hydrogen-bond donors (Lipinski definition) is 2. The van der Waals surface area contributed by atoms with Crippen LogP contribution in [-0.2, 0) is 0 Å². The lowest BCUT2D eigenvalue weighted by atomic mass is 10.1. The second-order valence-corrected chi connectivity index (χ2v) is 5.08. The number of rotatable bonds is 2. The number of nitrogens with one attached hydrogen (secondary N) is 1. The zero-order valence-corrected chi connectivity index (χ0v) is 12.1. The van der Waals surface area contributed by atoms with Gasteiger partial charge in [-0.15, -0.1) is 0 Å². The Hall–Kier alpha value is -2.40. The molecule has 1 aliphatic rings. The minimum absolute atomic E-state index is 0.148. The molecule has 108 valence electrons. The van der Waals surface area contributed by atoms with Crippen LogP contribution in [0.25, 0.3) is 0 Å². The highest BCUT2D eigenvalue weighted by Crippen LogP contribution is 2.35. The summed E-state index contributed by atoms with van der Waals surface area (Å²) in [6.07, 6.45) is 0. The van der Waals surface area contributed by atoms with E-state index in [0.29, 0.717) is 22.0 Å². The van der Waals surface area contributed by atoms with Crippen LogP contribution in [0.15, 0.2) is 36.4 Å². The molecular formula is C15H14ClN3O2. The van der Waals surface area contributed by atoms with Crippen molar-refractivity contribution in [3.8, 4) is 5.75 Å². The van der Waals surface area contributed by atoms with Crippen LogP contribution < -0.4 is 20.7 Å². The van der Waals surface area contributed by atoms with Gasteiger partial charge in [0.05, 0.1) is 16.3 Å². The van der Waals surface area contributed by atoms with Crippen LogP contribution in [0, 0.1) is 0 Å². The lowest BCUT2D eigenvalue weighted by Crippen LogP contribution is -2.38. The molecule has 21 heavy (non-hydrogen) atoms. The number of benzene rings is 2. The summed E-state index contributed by atoms with van der Waals surface area (Å²) in [5.74, 6) is 0.381. The van der Waals surface area contributed by atoms with Crippen molar-refractivity contribution in [2.45, 2.75) is 0 Å². The Morgan fingerprint density at radius 1 is 1.29 bits per heavy atom. The van der Waals surface area contributed by atoms with Crippen LogP contribution in [0.3, 0.4) is 0 Å². The molecule has 0 aliphatic carbocycles. The molecule has 3 N–H and O–H groups in total. The number of nitrogens with zero attached hydrogens (tertiary/aromatic N) is 1. The van der Waals surface area contributed by atoms with Crippen LogP contribution in [0.5, 0.6) is 5.75 Å². The first-order chi connectivity index (χ1) is 10.1. The third kappa shape index (κ3) is 2.36. The molecular weight excluding hydrogens is 290 g/mol. The van der Waals surface area contributed by atoms with E-state index in [1.807, 2.05) is 0 Å². The Labute approximate surface area is 127 Å². The number of halogens is 1. The number of carbonyl (C=O) groups is 1. The van der Waals surface area contributed by atoms with Gasteiger partial charge in [0, 0.05) is 24.5 Å². The highest BCUT2D eigenvalue weighted by molar-refractivity contribution is 6.34. The Kier molecular flexibility index (Phi) is 3.35. The Bertz CT molecular complexity index is 701. The summed E-state index contributed by atoms with van der Waals surface area (Å²) in [5, 5.41) is 3.44. The van der Waals surface area contributed by atoms with Gasteiger partial charge in [0.1, 0.15) is 5.75 Å². The molecule has 0 unspecified atom stereocenters. The van der Waals surface area contributed by atoms with Crippen LogP contribution >= 0.6 is 11.6 Å². The monoisotopic (exact) mass is 303 g/mol. The second-order valence-electron chi connectivity index (χ2n) is 4.68. The summed E-state index contributed by atoms with van der Waals surface area (Å²) in [6, 6.07) is 10.4. The predicted octanol–water partition coefficient (Wildman–Crippen LogP) is 2.96. The number of amides is 1. The Morgan fingerprint density at radius 2 is 2.00 bits per heavy atom. The largest absolute Gasteiger partial charge is 0.472 e. The van der Waals surface area contributed by atoms with Gasteiger partial charge in [0.2, 0.25) is 0 Å². The third-order valence-corrected chi connectivity index (χ3v) is 3.68. The zero-order chi connectivity index (χ0) is 15.0. The van der Waals surface area contributed by atoms with Crippen LogP contribution in [0.4, 0.5) is 17.1 Å². The molecule has 5 nitrogen and oxygen atoms in total. The maximum atomic E-state index is 12.6. The molecule has 0 atom stereocenters. The molecule has 0 radical (unpaired) electrons. The molecule has 6 heteroatoms. The zero-order valence-electron chi connectivity index (χ0n) is 11.4. The average Bonchev–Trinajstić information content (AvgIpc) is 2.49. The molecule has 0 bridgehead atoms. The number of nitrogen functional groups attached to an aromatic ring is 1. The quantitative estimate of drug-likeness (QED) is 0.837. The van der Waals surface area contributed by atoms with Crippen molar-refractivity contribution in [3.63, 3.8) is 0 Å². The standard InChI is InChI=1S/C15H14ClN3O2/c1-18-13-7-14-11(6-12(13)16)15(20)19(8-21-14)10-4-2-9(17)3-5-10/h2-7,18H,8,17H2,1H3. The van der Waals surface area contributed by atoms with E-state index in [1.165, 1.54) is 4.90 Å². The summed E-state index contributed by atoms with van der Waals surface area (Å²) in [7, 11) is 1.76. The van der Waals surface area contributed by atoms with Gasteiger partial charge in [-0.3, -0.25) is 9.69 Å². The molecule has 3 rings (SSSR count). The van der Waals surface area contributed by atoms with Gasteiger partial charge in [-0.2, -0.15) is 0 Å². The summed E-state index contributed by atoms with van der Waals surface area (Å²) < 4.78 is 5.66. The van der Waals surface area contributed by atoms with E-state index in [9.17, 15) is 4.79 Å². The smallest absolute Gasteiger partial charge is 0.264 e. The van der Waals surface area contributed by atoms with E-state index in [2.05, 4.69) is 5.32 Å². The normalized spacial score (nSPS) is 13.6. The van der Waals surface area contributed by atoms with Gasteiger partial charge in [-0.05, 0) is 30.3 Å². The lowest BCUT2D eigenvalue weighted by molar-refractivity contribution is 0.0937. The van der Waals surface area contributed by atoms with Crippen molar-refractivity contribution >= 4 is 34.6 Å². The van der Waals surface area contributed by atoms with E-state index < -0.39 is 0 Å². The molecule has 0 fully saturated rings. The molecule has 0 saturated heterocycles. The van der Waals surface area contributed by atoms with E-state index in [0.717, 1.165) is 11.4 Å². The molecule has 1 amide bonds. The number of fused-ring (bicyclic) bond motifs is 1. The fraction of sp³-hybridized carbons (Fsp3) is 0.133. The van der Waals surface area contributed by atoms with Gasteiger partial charge in [0.15, 0.2) is 6.73 Å². The maximum Gasteiger partial charge on any atom is 0.264 e. The minimum Gasteiger partial charge on any atom is -0.472 e. The van der Waals surface area contributed by atoms with Gasteiger partial charge >= 0.3 is 0 Å². The van der Waals surface area contributed by atoms with Crippen molar-refractivity contribution in [1.29, 1.82) is 0 Å². The number of anilines is 3. The molecule has 0 spiro atoms.